The first-order valence-electron chi connectivity index (χ1n) is 7.10. The fourth-order valence-electron chi connectivity index (χ4n) is 2.09. The average molecular weight is 248 g/mol. The second kappa shape index (κ2) is 7.55. The number of hydrogen-bond donors (Lipinski definition) is 1. The number of rotatable bonds is 7. The Morgan fingerprint density at radius 1 is 1.06 bits per heavy atom. The molecule has 0 aliphatic rings. The van der Waals surface area contributed by atoms with Crippen molar-refractivity contribution in [1.29, 1.82) is 0 Å². The van der Waals surface area contributed by atoms with Gasteiger partial charge in [0, 0.05) is 12.6 Å². The van der Waals surface area contributed by atoms with Crippen LogP contribution in [-0.2, 0) is 0 Å². The summed E-state index contributed by atoms with van der Waals surface area (Å²) >= 11 is 0. The predicted octanol–water partition coefficient (Wildman–Crippen LogP) is 3.41. The van der Waals surface area contributed by atoms with Gasteiger partial charge in [-0.15, -0.1) is 0 Å². The lowest BCUT2D eigenvalue weighted by Gasteiger charge is -2.24. The van der Waals surface area contributed by atoms with Crippen LogP contribution in [0.2, 0.25) is 0 Å². The van der Waals surface area contributed by atoms with Crippen LogP contribution in [0.1, 0.15) is 50.8 Å². The Balaban J connectivity index is 2.78. The van der Waals surface area contributed by atoms with Gasteiger partial charge in [0.2, 0.25) is 0 Å². The van der Waals surface area contributed by atoms with E-state index in [0.29, 0.717) is 12.0 Å². The number of benzene rings is 1. The first kappa shape index (κ1) is 15.2. The molecule has 0 bridgehead atoms. The minimum atomic E-state index is 0.432. The Morgan fingerprint density at radius 3 is 2.06 bits per heavy atom. The van der Waals surface area contributed by atoms with Gasteiger partial charge in [-0.25, -0.2) is 0 Å². The summed E-state index contributed by atoms with van der Waals surface area (Å²) in [6, 6.07) is 9.49. The highest BCUT2D eigenvalue weighted by Gasteiger charge is 2.12. The molecule has 1 N–H and O–H groups in total. The van der Waals surface area contributed by atoms with Crippen LogP contribution in [0.5, 0.6) is 0 Å². The molecule has 1 aromatic carbocycles. The maximum atomic E-state index is 3.57. The van der Waals surface area contributed by atoms with E-state index in [1.807, 2.05) is 0 Å². The Bertz CT molecular complexity index is 329. The summed E-state index contributed by atoms with van der Waals surface area (Å²) in [4.78, 5) is 2.35. The largest absolute Gasteiger partial charge is 0.309 e. The monoisotopic (exact) mass is 248 g/mol. The van der Waals surface area contributed by atoms with Crippen LogP contribution >= 0.6 is 0 Å². The molecule has 2 heteroatoms. The van der Waals surface area contributed by atoms with Crippen LogP contribution in [0.3, 0.4) is 0 Å². The molecule has 0 radical (unpaired) electrons. The number of hydrogen-bond acceptors (Lipinski definition) is 2. The molecule has 1 rings (SSSR count). The van der Waals surface area contributed by atoms with Crippen molar-refractivity contribution >= 4 is 0 Å². The number of likely N-dealkylation sites (N-methyl/N-ethyl adjacent to an activating group) is 2. The summed E-state index contributed by atoms with van der Waals surface area (Å²) in [5, 5.41) is 3.57. The van der Waals surface area contributed by atoms with Gasteiger partial charge < -0.3 is 10.2 Å². The molecule has 0 saturated heterocycles. The fourth-order valence-corrected chi connectivity index (χ4v) is 2.09. The normalized spacial score (nSPS) is 13.3. The summed E-state index contributed by atoms with van der Waals surface area (Å²) in [5.74, 6) is 0.606. The molecule has 0 fully saturated rings. The van der Waals surface area contributed by atoms with Crippen molar-refractivity contribution in [1.82, 2.24) is 10.2 Å². The number of nitrogens with zero attached hydrogens (tertiary/aromatic N) is 1. The molecule has 18 heavy (non-hydrogen) atoms. The fraction of sp³-hybridized carbons (Fsp3) is 0.625. The van der Waals surface area contributed by atoms with E-state index in [0.717, 1.165) is 19.6 Å². The molecule has 1 aromatic rings. The zero-order valence-electron chi connectivity index (χ0n) is 12.5. The second-order valence-electron chi connectivity index (χ2n) is 5.29. The van der Waals surface area contributed by atoms with Crippen molar-refractivity contribution in [2.75, 3.05) is 26.7 Å². The summed E-state index contributed by atoms with van der Waals surface area (Å²) in [5.41, 5.74) is 2.80. The average Bonchev–Trinajstić information content (AvgIpc) is 2.38. The van der Waals surface area contributed by atoms with Crippen molar-refractivity contribution in [3.8, 4) is 0 Å². The third-order valence-electron chi connectivity index (χ3n) is 3.49. The van der Waals surface area contributed by atoms with Gasteiger partial charge in [0.05, 0.1) is 0 Å². The van der Waals surface area contributed by atoms with Gasteiger partial charge in [0.25, 0.3) is 0 Å². The highest BCUT2D eigenvalue weighted by atomic mass is 15.1. The quantitative estimate of drug-likeness (QED) is 0.795. The lowest BCUT2D eigenvalue weighted by molar-refractivity contribution is 0.305. The van der Waals surface area contributed by atoms with Gasteiger partial charge in [0.15, 0.2) is 0 Å². The van der Waals surface area contributed by atoms with Crippen molar-refractivity contribution in [2.45, 2.75) is 39.7 Å². The lowest BCUT2D eigenvalue weighted by Crippen LogP contribution is -2.32. The summed E-state index contributed by atoms with van der Waals surface area (Å²) < 4.78 is 0. The molecule has 0 aliphatic heterocycles. The maximum Gasteiger partial charge on any atom is 0.0449 e. The second-order valence-corrected chi connectivity index (χ2v) is 5.29. The van der Waals surface area contributed by atoms with E-state index < -0.39 is 0 Å². The zero-order chi connectivity index (χ0) is 13.5. The first-order chi connectivity index (χ1) is 8.58. The van der Waals surface area contributed by atoms with E-state index in [2.05, 4.69) is 69.2 Å². The first-order valence-corrected chi connectivity index (χ1v) is 7.10. The summed E-state index contributed by atoms with van der Waals surface area (Å²) in [6.07, 6.45) is 0. The minimum absolute atomic E-state index is 0.432. The SMILES string of the molecule is CCNC(CN(C)CC)c1ccc(C(C)C)cc1. The predicted molar refractivity (Wildman–Crippen MR) is 80.1 cm³/mol. The van der Waals surface area contributed by atoms with Crippen LogP contribution < -0.4 is 5.32 Å². The van der Waals surface area contributed by atoms with Crippen LogP contribution in [0.4, 0.5) is 0 Å². The third kappa shape index (κ3) is 4.43. The lowest BCUT2D eigenvalue weighted by atomic mass is 9.99. The smallest absolute Gasteiger partial charge is 0.0449 e. The van der Waals surface area contributed by atoms with E-state index in [9.17, 15) is 0 Å². The molecule has 0 saturated carbocycles. The van der Waals surface area contributed by atoms with Crippen LogP contribution in [0, 0.1) is 0 Å². The maximum absolute atomic E-state index is 3.57. The Hall–Kier alpha value is -0.860. The Kier molecular flexibility index (Phi) is 6.37. The summed E-state index contributed by atoms with van der Waals surface area (Å²) in [6.45, 7) is 12.0. The molecule has 0 amide bonds. The molecule has 0 heterocycles. The molecular weight excluding hydrogens is 220 g/mol. The van der Waals surface area contributed by atoms with E-state index >= 15 is 0 Å². The highest BCUT2D eigenvalue weighted by Crippen LogP contribution is 2.19. The molecule has 1 unspecified atom stereocenters. The topological polar surface area (TPSA) is 15.3 Å². The molecule has 0 aliphatic carbocycles. The molecule has 102 valence electrons. The Labute approximate surface area is 112 Å². The molecule has 0 spiro atoms. The van der Waals surface area contributed by atoms with Crippen molar-refractivity contribution in [2.24, 2.45) is 0 Å². The van der Waals surface area contributed by atoms with Gasteiger partial charge in [-0.3, -0.25) is 0 Å². The van der Waals surface area contributed by atoms with Gasteiger partial charge in [-0.1, -0.05) is 52.0 Å². The van der Waals surface area contributed by atoms with Gasteiger partial charge >= 0.3 is 0 Å². The van der Waals surface area contributed by atoms with Crippen LogP contribution in [0.25, 0.3) is 0 Å². The van der Waals surface area contributed by atoms with E-state index in [1.165, 1.54) is 11.1 Å². The molecule has 2 nitrogen and oxygen atoms in total. The van der Waals surface area contributed by atoms with E-state index in [1.54, 1.807) is 0 Å². The van der Waals surface area contributed by atoms with Gasteiger partial charge in [0.1, 0.15) is 0 Å². The molecule has 0 aromatic heterocycles. The third-order valence-corrected chi connectivity index (χ3v) is 3.49. The number of nitrogens with one attached hydrogen (secondary N) is 1. The zero-order valence-corrected chi connectivity index (χ0v) is 12.5. The van der Waals surface area contributed by atoms with E-state index in [4.69, 9.17) is 0 Å². The van der Waals surface area contributed by atoms with Crippen LogP contribution in [-0.4, -0.2) is 31.6 Å². The van der Waals surface area contributed by atoms with E-state index in [-0.39, 0.29) is 0 Å². The molecular formula is C16H28N2. The Morgan fingerprint density at radius 2 is 1.61 bits per heavy atom. The van der Waals surface area contributed by atoms with Crippen molar-refractivity contribution in [3.05, 3.63) is 35.4 Å². The highest BCUT2D eigenvalue weighted by molar-refractivity contribution is 5.27. The van der Waals surface area contributed by atoms with Gasteiger partial charge in [-0.2, -0.15) is 0 Å². The summed E-state index contributed by atoms with van der Waals surface area (Å²) in [7, 11) is 2.17. The molecule has 1 atom stereocenters. The van der Waals surface area contributed by atoms with Gasteiger partial charge in [-0.05, 0) is 37.2 Å². The van der Waals surface area contributed by atoms with Crippen molar-refractivity contribution in [3.63, 3.8) is 0 Å². The van der Waals surface area contributed by atoms with Crippen molar-refractivity contribution < 1.29 is 0 Å². The van der Waals surface area contributed by atoms with Crippen LogP contribution in [0.15, 0.2) is 24.3 Å². The standard InChI is InChI=1S/C16H28N2/c1-6-17-16(12-18(5)7-2)15-10-8-14(9-11-15)13(3)4/h8-11,13,16-17H,6-7,12H2,1-5H3. The minimum Gasteiger partial charge on any atom is -0.309 e.